The Morgan fingerprint density at radius 1 is 1.43 bits per heavy atom. The van der Waals surface area contributed by atoms with Crippen LogP contribution in [0.5, 0.6) is 0 Å². The van der Waals surface area contributed by atoms with Crippen LogP contribution in [0.15, 0.2) is 17.5 Å². The average Bonchev–Trinajstić information content (AvgIpc) is 2.56. The van der Waals surface area contributed by atoms with E-state index in [9.17, 15) is 0 Å². The summed E-state index contributed by atoms with van der Waals surface area (Å²) in [5, 5.41) is 5.65. The van der Waals surface area contributed by atoms with Gasteiger partial charge in [0.2, 0.25) is 0 Å². The molecule has 0 bridgehead atoms. The van der Waals surface area contributed by atoms with Crippen LogP contribution in [0.3, 0.4) is 0 Å². The standard InChI is InChI=1S/C12H21NS/c1-10(2)12(3,4)9-13-8-11-6-5-7-14-11/h5-7,10,13H,8-9H2,1-4H3. The van der Waals surface area contributed by atoms with Gasteiger partial charge < -0.3 is 5.32 Å². The van der Waals surface area contributed by atoms with Crippen molar-refractivity contribution in [2.75, 3.05) is 6.54 Å². The number of rotatable bonds is 5. The summed E-state index contributed by atoms with van der Waals surface area (Å²) in [6, 6.07) is 4.29. The number of hydrogen-bond acceptors (Lipinski definition) is 2. The monoisotopic (exact) mass is 211 g/mol. The van der Waals surface area contributed by atoms with E-state index < -0.39 is 0 Å². The molecule has 0 aliphatic rings. The zero-order valence-corrected chi connectivity index (χ0v) is 10.4. The quantitative estimate of drug-likeness (QED) is 0.786. The van der Waals surface area contributed by atoms with Gasteiger partial charge in [-0.3, -0.25) is 0 Å². The molecule has 1 aromatic heterocycles. The topological polar surface area (TPSA) is 12.0 Å². The predicted octanol–water partition coefficient (Wildman–Crippen LogP) is 3.52. The largest absolute Gasteiger partial charge is 0.311 e. The predicted molar refractivity (Wildman–Crippen MR) is 64.6 cm³/mol. The van der Waals surface area contributed by atoms with Crippen molar-refractivity contribution >= 4 is 11.3 Å². The van der Waals surface area contributed by atoms with Crippen LogP contribution < -0.4 is 5.32 Å². The van der Waals surface area contributed by atoms with Crippen molar-refractivity contribution in [1.82, 2.24) is 5.32 Å². The molecule has 0 unspecified atom stereocenters. The van der Waals surface area contributed by atoms with Crippen molar-refractivity contribution in [1.29, 1.82) is 0 Å². The van der Waals surface area contributed by atoms with Crippen LogP contribution in [-0.4, -0.2) is 6.54 Å². The van der Waals surface area contributed by atoms with Crippen LogP contribution in [0, 0.1) is 11.3 Å². The maximum absolute atomic E-state index is 3.52. The summed E-state index contributed by atoms with van der Waals surface area (Å²) >= 11 is 1.82. The molecule has 0 aliphatic carbocycles. The van der Waals surface area contributed by atoms with Gasteiger partial charge in [-0.15, -0.1) is 11.3 Å². The highest BCUT2D eigenvalue weighted by molar-refractivity contribution is 7.09. The molecule has 0 saturated carbocycles. The van der Waals surface area contributed by atoms with Crippen LogP contribution in [0.4, 0.5) is 0 Å². The van der Waals surface area contributed by atoms with E-state index in [0.717, 1.165) is 19.0 Å². The normalized spacial score (nSPS) is 12.4. The molecule has 0 spiro atoms. The Bertz CT molecular complexity index is 249. The SMILES string of the molecule is CC(C)C(C)(C)CNCc1cccs1. The number of nitrogens with one attached hydrogen (secondary N) is 1. The van der Waals surface area contributed by atoms with Crippen molar-refractivity contribution in [3.05, 3.63) is 22.4 Å². The highest BCUT2D eigenvalue weighted by Crippen LogP contribution is 2.24. The van der Waals surface area contributed by atoms with Gasteiger partial charge in [-0.05, 0) is 22.8 Å². The van der Waals surface area contributed by atoms with E-state index in [4.69, 9.17) is 0 Å². The summed E-state index contributed by atoms with van der Waals surface area (Å²) in [4.78, 5) is 1.42. The van der Waals surface area contributed by atoms with Gasteiger partial charge in [0.05, 0.1) is 0 Å². The van der Waals surface area contributed by atoms with Gasteiger partial charge in [0.25, 0.3) is 0 Å². The zero-order valence-electron chi connectivity index (χ0n) is 9.63. The van der Waals surface area contributed by atoms with Gasteiger partial charge in [0.15, 0.2) is 0 Å². The first-order chi connectivity index (χ1) is 6.52. The Labute approximate surface area is 91.5 Å². The van der Waals surface area contributed by atoms with Crippen LogP contribution in [0.2, 0.25) is 0 Å². The molecule has 0 aliphatic heterocycles. The number of hydrogen-bond donors (Lipinski definition) is 1. The third kappa shape index (κ3) is 3.43. The first kappa shape index (κ1) is 11.7. The molecule has 0 saturated heterocycles. The fraction of sp³-hybridized carbons (Fsp3) is 0.667. The van der Waals surface area contributed by atoms with E-state index in [1.165, 1.54) is 4.88 Å². The third-order valence-electron chi connectivity index (χ3n) is 3.02. The van der Waals surface area contributed by atoms with E-state index in [1.54, 1.807) is 0 Å². The first-order valence-electron chi connectivity index (χ1n) is 5.25. The minimum atomic E-state index is 0.386. The molecule has 14 heavy (non-hydrogen) atoms. The Hall–Kier alpha value is -0.340. The lowest BCUT2D eigenvalue weighted by Crippen LogP contribution is -2.32. The molecule has 1 rings (SSSR count). The van der Waals surface area contributed by atoms with E-state index in [0.29, 0.717) is 5.41 Å². The van der Waals surface area contributed by atoms with Gasteiger partial charge in [-0.25, -0.2) is 0 Å². The molecule has 2 heteroatoms. The van der Waals surface area contributed by atoms with Gasteiger partial charge in [-0.1, -0.05) is 33.8 Å². The molecule has 80 valence electrons. The zero-order chi connectivity index (χ0) is 10.6. The van der Waals surface area contributed by atoms with Crippen molar-refractivity contribution in [3.63, 3.8) is 0 Å². The molecular weight excluding hydrogens is 190 g/mol. The maximum atomic E-state index is 3.52. The summed E-state index contributed by atoms with van der Waals surface area (Å²) in [6.45, 7) is 11.3. The summed E-state index contributed by atoms with van der Waals surface area (Å²) < 4.78 is 0. The molecular formula is C12H21NS. The van der Waals surface area contributed by atoms with Crippen molar-refractivity contribution in [2.45, 2.75) is 34.2 Å². The maximum Gasteiger partial charge on any atom is 0.0299 e. The van der Waals surface area contributed by atoms with E-state index >= 15 is 0 Å². The molecule has 0 fully saturated rings. The van der Waals surface area contributed by atoms with Crippen molar-refractivity contribution < 1.29 is 0 Å². The third-order valence-corrected chi connectivity index (χ3v) is 3.90. The summed E-state index contributed by atoms with van der Waals surface area (Å²) in [7, 11) is 0. The Kier molecular flexibility index (Phi) is 4.14. The van der Waals surface area contributed by atoms with E-state index in [2.05, 4.69) is 50.5 Å². The fourth-order valence-electron chi connectivity index (χ4n) is 1.13. The highest BCUT2D eigenvalue weighted by atomic mass is 32.1. The number of thiophene rings is 1. The molecule has 0 amide bonds. The van der Waals surface area contributed by atoms with E-state index in [1.807, 2.05) is 11.3 Å². The summed E-state index contributed by atoms with van der Waals surface area (Å²) in [5.41, 5.74) is 0.386. The molecule has 1 aromatic rings. The first-order valence-corrected chi connectivity index (χ1v) is 6.13. The second kappa shape index (κ2) is 4.94. The van der Waals surface area contributed by atoms with Gasteiger partial charge >= 0.3 is 0 Å². The molecule has 0 aromatic carbocycles. The van der Waals surface area contributed by atoms with Crippen LogP contribution in [-0.2, 0) is 6.54 Å². The molecule has 1 nitrogen and oxygen atoms in total. The van der Waals surface area contributed by atoms with Crippen LogP contribution in [0.1, 0.15) is 32.6 Å². The Balaban J connectivity index is 2.28. The average molecular weight is 211 g/mol. The highest BCUT2D eigenvalue weighted by Gasteiger charge is 2.21. The van der Waals surface area contributed by atoms with E-state index in [-0.39, 0.29) is 0 Å². The Morgan fingerprint density at radius 2 is 2.14 bits per heavy atom. The summed E-state index contributed by atoms with van der Waals surface area (Å²) in [5.74, 6) is 0.721. The molecule has 1 N–H and O–H groups in total. The van der Waals surface area contributed by atoms with Crippen molar-refractivity contribution in [3.8, 4) is 0 Å². The molecule has 1 heterocycles. The lowest BCUT2D eigenvalue weighted by molar-refractivity contribution is 0.238. The second-order valence-corrected chi connectivity index (χ2v) is 5.86. The fourth-order valence-corrected chi connectivity index (χ4v) is 1.80. The second-order valence-electron chi connectivity index (χ2n) is 4.83. The smallest absolute Gasteiger partial charge is 0.0299 e. The minimum Gasteiger partial charge on any atom is -0.311 e. The van der Waals surface area contributed by atoms with Gasteiger partial charge in [0.1, 0.15) is 0 Å². The summed E-state index contributed by atoms with van der Waals surface area (Å²) in [6.07, 6.45) is 0. The minimum absolute atomic E-state index is 0.386. The van der Waals surface area contributed by atoms with Crippen molar-refractivity contribution in [2.24, 2.45) is 11.3 Å². The Morgan fingerprint density at radius 3 is 2.64 bits per heavy atom. The van der Waals surface area contributed by atoms with Crippen LogP contribution >= 0.6 is 11.3 Å². The van der Waals surface area contributed by atoms with Gasteiger partial charge in [0, 0.05) is 18.0 Å². The lowest BCUT2D eigenvalue weighted by Gasteiger charge is -2.29. The molecule has 0 radical (unpaired) electrons. The lowest BCUT2D eigenvalue weighted by atomic mass is 9.81. The van der Waals surface area contributed by atoms with Gasteiger partial charge in [-0.2, -0.15) is 0 Å². The van der Waals surface area contributed by atoms with Crippen LogP contribution in [0.25, 0.3) is 0 Å². The molecule has 0 atom stereocenters.